The average Bonchev–Trinajstić information content (AvgIpc) is 2.90. The lowest BCUT2D eigenvalue weighted by molar-refractivity contribution is -0.131. The van der Waals surface area contributed by atoms with E-state index in [1.54, 1.807) is 5.01 Å². The number of amides is 1. The Labute approximate surface area is 152 Å². The van der Waals surface area contributed by atoms with E-state index < -0.39 is 5.54 Å². The van der Waals surface area contributed by atoms with Gasteiger partial charge in [0.15, 0.2) is 10.7 Å². The van der Waals surface area contributed by atoms with E-state index in [0.29, 0.717) is 0 Å². The van der Waals surface area contributed by atoms with Crippen molar-refractivity contribution in [3.05, 3.63) is 65.2 Å². The molecule has 1 unspecified atom stereocenters. The van der Waals surface area contributed by atoms with Crippen LogP contribution in [0.1, 0.15) is 29.5 Å². The number of anilines is 1. The molecule has 2 aromatic rings. The molecule has 1 aliphatic carbocycles. The number of aryl methyl sites for hydroxylation is 2. The van der Waals surface area contributed by atoms with Crippen LogP contribution in [0.3, 0.4) is 0 Å². The molecule has 1 heterocycles. The van der Waals surface area contributed by atoms with Crippen molar-refractivity contribution < 1.29 is 4.79 Å². The van der Waals surface area contributed by atoms with Crippen LogP contribution in [0.2, 0.25) is 0 Å². The van der Waals surface area contributed by atoms with Crippen LogP contribution in [0.4, 0.5) is 5.69 Å². The number of hydrogen-bond donors (Lipinski definition) is 1. The zero-order chi connectivity index (χ0) is 17.4. The van der Waals surface area contributed by atoms with Crippen molar-refractivity contribution in [2.45, 2.75) is 31.7 Å². The molecule has 4 rings (SSSR count). The van der Waals surface area contributed by atoms with Crippen molar-refractivity contribution in [3.8, 4) is 0 Å². The van der Waals surface area contributed by atoms with Gasteiger partial charge in [0.2, 0.25) is 0 Å². The van der Waals surface area contributed by atoms with Crippen LogP contribution in [0.15, 0.2) is 53.5 Å². The summed E-state index contributed by atoms with van der Waals surface area (Å²) in [5.74, 6) is 0.0181. The van der Waals surface area contributed by atoms with Gasteiger partial charge in [-0.2, -0.15) is 5.01 Å². The second kappa shape index (κ2) is 6.23. The summed E-state index contributed by atoms with van der Waals surface area (Å²) in [7, 11) is 0. The smallest absolute Gasteiger partial charge is 0.280 e. The van der Waals surface area contributed by atoms with Crippen molar-refractivity contribution in [3.63, 3.8) is 0 Å². The lowest BCUT2D eigenvalue weighted by Gasteiger charge is -2.32. The van der Waals surface area contributed by atoms with E-state index in [4.69, 9.17) is 4.99 Å². The molecule has 0 fully saturated rings. The Bertz CT molecular complexity index is 846. The Balaban J connectivity index is 1.72. The standard InChI is InChI=1S/C20H21N3OS/c1-14-9-11-16(12-10-14)22-23-18(24)20(21-19(23)25-2)13-5-7-15-6-3-4-8-17(15)20/h3-4,6,8-12,22H,5,7,13H2,1-2H3. The van der Waals surface area contributed by atoms with Crippen LogP contribution in [0, 0.1) is 6.92 Å². The van der Waals surface area contributed by atoms with E-state index in [0.717, 1.165) is 35.7 Å². The van der Waals surface area contributed by atoms with Crippen LogP contribution < -0.4 is 5.43 Å². The normalized spacial score (nSPS) is 22.1. The molecule has 5 heteroatoms. The number of hydrogen-bond acceptors (Lipinski definition) is 4. The van der Waals surface area contributed by atoms with Gasteiger partial charge in [-0.05, 0) is 55.7 Å². The zero-order valence-corrected chi connectivity index (χ0v) is 15.3. The van der Waals surface area contributed by atoms with Gasteiger partial charge in [-0.25, -0.2) is 4.99 Å². The van der Waals surface area contributed by atoms with Gasteiger partial charge in [0.05, 0.1) is 5.69 Å². The molecule has 1 atom stereocenters. The largest absolute Gasteiger partial charge is 0.289 e. The number of fused-ring (bicyclic) bond motifs is 2. The van der Waals surface area contributed by atoms with Crippen molar-refractivity contribution in [2.24, 2.45) is 4.99 Å². The minimum Gasteiger partial charge on any atom is -0.289 e. The maximum Gasteiger partial charge on any atom is 0.280 e. The number of thioether (sulfide) groups is 1. The molecule has 0 saturated heterocycles. The van der Waals surface area contributed by atoms with E-state index in [1.807, 2.05) is 49.6 Å². The third-order valence-corrected chi connectivity index (χ3v) is 5.60. The van der Waals surface area contributed by atoms with Crippen LogP contribution in [-0.2, 0) is 16.8 Å². The number of aliphatic imine (C=N–C) groups is 1. The number of nitrogens with zero attached hydrogens (tertiary/aromatic N) is 2. The number of amidine groups is 1. The Morgan fingerprint density at radius 3 is 2.68 bits per heavy atom. The summed E-state index contributed by atoms with van der Waals surface area (Å²) in [5, 5.41) is 2.35. The molecule has 25 heavy (non-hydrogen) atoms. The number of carbonyl (C=O) groups is 1. The Hall–Kier alpha value is -2.27. The second-order valence-electron chi connectivity index (χ2n) is 6.59. The third kappa shape index (κ3) is 2.63. The first kappa shape index (κ1) is 16.2. The fourth-order valence-electron chi connectivity index (χ4n) is 3.68. The quantitative estimate of drug-likeness (QED) is 0.885. The highest BCUT2D eigenvalue weighted by molar-refractivity contribution is 8.13. The highest BCUT2D eigenvalue weighted by atomic mass is 32.2. The van der Waals surface area contributed by atoms with Crippen LogP contribution in [0.5, 0.6) is 0 Å². The molecule has 0 aromatic heterocycles. The minimum absolute atomic E-state index is 0.0181. The summed E-state index contributed by atoms with van der Waals surface area (Å²) in [5.41, 5.74) is 6.86. The fourth-order valence-corrected chi connectivity index (χ4v) is 4.23. The molecule has 1 N–H and O–H groups in total. The molecular weight excluding hydrogens is 330 g/mol. The molecule has 4 nitrogen and oxygen atoms in total. The van der Waals surface area contributed by atoms with Gasteiger partial charge in [-0.15, -0.1) is 0 Å². The van der Waals surface area contributed by atoms with Gasteiger partial charge >= 0.3 is 0 Å². The average molecular weight is 351 g/mol. The number of carbonyl (C=O) groups excluding carboxylic acids is 1. The van der Waals surface area contributed by atoms with E-state index in [-0.39, 0.29) is 5.91 Å². The highest BCUT2D eigenvalue weighted by Crippen LogP contribution is 2.44. The van der Waals surface area contributed by atoms with Crippen LogP contribution in [0.25, 0.3) is 0 Å². The number of hydrazine groups is 1. The number of nitrogens with one attached hydrogen (secondary N) is 1. The summed E-state index contributed by atoms with van der Waals surface area (Å²) >= 11 is 1.50. The molecular formula is C20H21N3OS. The zero-order valence-electron chi connectivity index (χ0n) is 14.5. The van der Waals surface area contributed by atoms with Crippen molar-refractivity contribution >= 4 is 28.5 Å². The molecule has 1 aliphatic heterocycles. The second-order valence-corrected chi connectivity index (χ2v) is 7.36. The minimum atomic E-state index is -0.773. The van der Waals surface area contributed by atoms with Gasteiger partial charge in [0, 0.05) is 0 Å². The van der Waals surface area contributed by atoms with E-state index in [2.05, 4.69) is 17.6 Å². The molecule has 1 spiro atoms. The monoisotopic (exact) mass is 351 g/mol. The molecule has 128 valence electrons. The van der Waals surface area contributed by atoms with Gasteiger partial charge in [-0.3, -0.25) is 10.2 Å². The van der Waals surface area contributed by atoms with Gasteiger partial charge in [-0.1, -0.05) is 53.7 Å². The first-order chi connectivity index (χ1) is 12.1. The van der Waals surface area contributed by atoms with Crippen molar-refractivity contribution in [1.29, 1.82) is 0 Å². The van der Waals surface area contributed by atoms with Crippen molar-refractivity contribution in [2.75, 3.05) is 11.7 Å². The van der Waals surface area contributed by atoms with Crippen LogP contribution in [-0.4, -0.2) is 22.3 Å². The number of rotatable bonds is 2. The van der Waals surface area contributed by atoms with E-state index in [1.165, 1.54) is 22.9 Å². The lowest BCUT2D eigenvalue weighted by atomic mass is 9.76. The summed E-state index contributed by atoms with van der Waals surface area (Å²) in [6.07, 6.45) is 4.72. The van der Waals surface area contributed by atoms with Gasteiger partial charge in [0.1, 0.15) is 0 Å². The summed E-state index contributed by atoms with van der Waals surface area (Å²) in [4.78, 5) is 18.3. The first-order valence-corrected chi connectivity index (χ1v) is 9.77. The van der Waals surface area contributed by atoms with E-state index >= 15 is 0 Å². The molecule has 2 aromatic carbocycles. The maximum atomic E-state index is 13.4. The molecule has 2 aliphatic rings. The third-order valence-electron chi connectivity index (χ3n) is 4.96. The Kier molecular flexibility index (Phi) is 4.04. The maximum absolute atomic E-state index is 13.4. The summed E-state index contributed by atoms with van der Waals surface area (Å²) in [6.45, 7) is 2.05. The topological polar surface area (TPSA) is 44.7 Å². The summed E-state index contributed by atoms with van der Waals surface area (Å²) in [6, 6.07) is 16.3. The predicted molar refractivity (Wildman–Crippen MR) is 104 cm³/mol. The van der Waals surface area contributed by atoms with Crippen molar-refractivity contribution in [1.82, 2.24) is 5.01 Å². The van der Waals surface area contributed by atoms with Gasteiger partial charge in [0.25, 0.3) is 5.91 Å². The highest BCUT2D eigenvalue weighted by Gasteiger charge is 2.51. The Morgan fingerprint density at radius 2 is 1.92 bits per heavy atom. The molecule has 1 amide bonds. The predicted octanol–water partition coefficient (Wildman–Crippen LogP) is 4.11. The van der Waals surface area contributed by atoms with Gasteiger partial charge < -0.3 is 0 Å². The molecule has 0 saturated carbocycles. The number of benzene rings is 2. The Morgan fingerprint density at radius 1 is 1.16 bits per heavy atom. The lowest BCUT2D eigenvalue weighted by Crippen LogP contribution is -2.45. The first-order valence-electron chi connectivity index (χ1n) is 8.54. The van der Waals surface area contributed by atoms with E-state index in [9.17, 15) is 4.79 Å². The van der Waals surface area contributed by atoms with Crippen LogP contribution >= 0.6 is 11.8 Å². The summed E-state index contributed by atoms with van der Waals surface area (Å²) < 4.78 is 0. The molecule has 0 bridgehead atoms. The SMILES string of the molecule is CSC1=NC2(CCCc3ccccc32)C(=O)N1Nc1ccc(C)cc1. The molecule has 0 radical (unpaired) electrons. The fraction of sp³-hybridized carbons (Fsp3) is 0.300.